The topological polar surface area (TPSA) is 49.4 Å². The molecule has 4 nitrogen and oxygen atoms in total. The summed E-state index contributed by atoms with van der Waals surface area (Å²) in [5.41, 5.74) is 0.985. The highest BCUT2D eigenvalue weighted by molar-refractivity contribution is 7.89. The zero-order valence-electron chi connectivity index (χ0n) is 11.2. The number of fused-ring (bicyclic) bond motifs is 1. The van der Waals surface area contributed by atoms with E-state index in [4.69, 9.17) is 0 Å². The van der Waals surface area contributed by atoms with Gasteiger partial charge in [0.25, 0.3) is 0 Å². The molecule has 2 heterocycles. The molecule has 0 bridgehead atoms. The second-order valence-electron chi connectivity index (χ2n) is 5.56. The summed E-state index contributed by atoms with van der Waals surface area (Å²) in [6.07, 6.45) is 2.10. The lowest BCUT2D eigenvalue weighted by Gasteiger charge is -2.35. The van der Waals surface area contributed by atoms with Crippen molar-refractivity contribution in [2.24, 2.45) is 5.92 Å². The zero-order chi connectivity index (χ0) is 13.5. The van der Waals surface area contributed by atoms with Crippen molar-refractivity contribution in [1.29, 1.82) is 0 Å². The molecule has 0 spiro atoms. The maximum Gasteiger partial charge on any atom is 0.243 e. The van der Waals surface area contributed by atoms with Gasteiger partial charge < -0.3 is 5.32 Å². The van der Waals surface area contributed by atoms with Crippen LogP contribution in [0.15, 0.2) is 29.2 Å². The molecule has 2 aliphatic rings. The van der Waals surface area contributed by atoms with Crippen LogP contribution in [0.4, 0.5) is 0 Å². The third-order valence-electron chi connectivity index (χ3n) is 4.22. The number of benzene rings is 1. The van der Waals surface area contributed by atoms with Crippen LogP contribution in [0.5, 0.6) is 0 Å². The van der Waals surface area contributed by atoms with Crippen LogP contribution in [0.2, 0.25) is 0 Å². The second kappa shape index (κ2) is 4.89. The fraction of sp³-hybridized carbons (Fsp3) is 0.571. The molecule has 2 aliphatic heterocycles. The molecule has 1 N–H and O–H groups in total. The number of hydrogen-bond donors (Lipinski definition) is 1. The molecule has 0 aliphatic carbocycles. The Hall–Kier alpha value is -0.910. The standard InChI is InChI=1S/C14H20N2O2S/c1-11-4-2-6-13(8-11)19(17,18)16-7-3-5-12-9-15-10-14(12)16/h2,4,6,8,12,14-15H,3,5,7,9-10H2,1H3. The van der Waals surface area contributed by atoms with E-state index >= 15 is 0 Å². The molecule has 3 rings (SSSR count). The van der Waals surface area contributed by atoms with Gasteiger partial charge in [-0.2, -0.15) is 4.31 Å². The molecule has 2 saturated heterocycles. The molecule has 0 saturated carbocycles. The highest BCUT2D eigenvalue weighted by Crippen LogP contribution is 2.31. The molecule has 1 aromatic carbocycles. The summed E-state index contributed by atoms with van der Waals surface area (Å²) in [5.74, 6) is 0.480. The minimum absolute atomic E-state index is 0.138. The summed E-state index contributed by atoms with van der Waals surface area (Å²) in [6.45, 7) is 4.31. The average molecular weight is 280 g/mol. The van der Waals surface area contributed by atoms with Crippen molar-refractivity contribution in [3.63, 3.8) is 0 Å². The number of piperidine rings is 1. The van der Waals surface area contributed by atoms with Crippen molar-refractivity contribution in [2.75, 3.05) is 19.6 Å². The quantitative estimate of drug-likeness (QED) is 0.890. The minimum atomic E-state index is -3.35. The van der Waals surface area contributed by atoms with Crippen molar-refractivity contribution in [1.82, 2.24) is 9.62 Å². The lowest BCUT2D eigenvalue weighted by atomic mass is 9.94. The van der Waals surface area contributed by atoms with E-state index in [-0.39, 0.29) is 6.04 Å². The number of nitrogens with zero attached hydrogens (tertiary/aromatic N) is 1. The monoisotopic (exact) mass is 280 g/mol. The van der Waals surface area contributed by atoms with Crippen LogP contribution in [-0.4, -0.2) is 38.4 Å². The lowest BCUT2D eigenvalue weighted by molar-refractivity contribution is 0.217. The van der Waals surface area contributed by atoms with Gasteiger partial charge in [0.2, 0.25) is 10.0 Å². The van der Waals surface area contributed by atoms with Gasteiger partial charge in [0.15, 0.2) is 0 Å². The van der Waals surface area contributed by atoms with E-state index in [2.05, 4.69) is 5.32 Å². The van der Waals surface area contributed by atoms with Crippen molar-refractivity contribution in [3.8, 4) is 0 Å². The molecule has 2 atom stereocenters. The lowest BCUT2D eigenvalue weighted by Crippen LogP contribution is -2.48. The predicted octanol–water partition coefficient (Wildman–Crippen LogP) is 1.37. The summed E-state index contributed by atoms with van der Waals surface area (Å²) in [5, 5.41) is 3.32. The van der Waals surface area contributed by atoms with Gasteiger partial charge in [-0.25, -0.2) is 8.42 Å². The summed E-state index contributed by atoms with van der Waals surface area (Å²) >= 11 is 0. The summed E-state index contributed by atoms with van der Waals surface area (Å²) in [6, 6.07) is 7.35. The fourth-order valence-electron chi connectivity index (χ4n) is 3.24. The molecule has 0 radical (unpaired) electrons. The Morgan fingerprint density at radius 3 is 2.95 bits per heavy atom. The Balaban J connectivity index is 1.95. The number of aryl methyl sites for hydroxylation is 1. The van der Waals surface area contributed by atoms with Crippen LogP contribution in [0.25, 0.3) is 0 Å². The molecular weight excluding hydrogens is 260 g/mol. The Morgan fingerprint density at radius 2 is 2.16 bits per heavy atom. The Morgan fingerprint density at radius 1 is 1.32 bits per heavy atom. The fourth-order valence-corrected chi connectivity index (χ4v) is 5.06. The Labute approximate surface area is 114 Å². The Bertz CT molecular complexity index is 571. The molecule has 2 unspecified atom stereocenters. The number of hydrogen-bond acceptors (Lipinski definition) is 3. The van der Waals surface area contributed by atoms with E-state index in [1.54, 1.807) is 16.4 Å². The van der Waals surface area contributed by atoms with E-state index < -0.39 is 10.0 Å². The average Bonchev–Trinajstić information content (AvgIpc) is 2.86. The van der Waals surface area contributed by atoms with Gasteiger partial charge in [0, 0.05) is 19.1 Å². The van der Waals surface area contributed by atoms with Crippen molar-refractivity contribution < 1.29 is 8.42 Å². The van der Waals surface area contributed by atoms with Crippen LogP contribution in [-0.2, 0) is 10.0 Å². The molecule has 104 valence electrons. The highest BCUT2D eigenvalue weighted by atomic mass is 32.2. The largest absolute Gasteiger partial charge is 0.315 e. The molecule has 19 heavy (non-hydrogen) atoms. The normalized spacial score (nSPS) is 28.3. The molecule has 1 aromatic rings. The summed E-state index contributed by atoms with van der Waals surface area (Å²) < 4.78 is 27.3. The van der Waals surface area contributed by atoms with E-state index in [0.717, 1.165) is 31.5 Å². The first-order chi connectivity index (χ1) is 9.09. The minimum Gasteiger partial charge on any atom is -0.315 e. The van der Waals surface area contributed by atoms with Gasteiger partial charge in [-0.05, 0) is 49.9 Å². The van der Waals surface area contributed by atoms with Crippen molar-refractivity contribution in [2.45, 2.75) is 30.7 Å². The molecule has 5 heteroatoms. The van der Waals surface area contributed by atoms with E-state index in [1.165, 1.54) is 0 Å². The number of sulfonamides is 1. The predicted molar refractivity (Wildman–Crippen MR) is 74.5 cm³/mol. The first kappa shape index (κ1) is 13.1. The highest BCUT2D eigenvalue weighted by Gasteiger charge is 2.41. The van der Waals surface area contributed by atoms with Crippen LogP contribution in [0.1, 0.15) is 18.4 Å². The third-order valence-corrected chi connectivity index (χ3v) is 6.14. The first-order valence-corrected chi connectivity index (χ1v) is 8.32. The van der Waals surface area contributed by atoms with E-state index in [1.807, 2.05) is 19.1 Å². The number of rotatable bonds is 2. The van der Waals surface area contributed by atoms with Gasteiger partial charge in [0.05, 0.1) is 4.90 Å². The van der Waals surface area contributed by atoms with Gasteiger partial charge in [0.1, 0.15) is 0 Å². The number of nitrogens with one attached hydrogen (secondary N) is 1. The van der Waals surface area contributed by atoms with E-state index in [9.17, 15) is 8.42 Å². The van der Waals surface area contributed by atoms with Crippen molar-refractivity contribution in [3.05, 3.63) is 29.8 Å². The van der Waals surface area contributed by atoms with Gasteiger partial charge in [-0.1, -0.05) is 12.1 Å². The van der Waals surface area contributed by atoms with Gasteiger partial charge in [-0.3, -0.25) is 0 Å². The summed E-state index contributed by atoms with van der Waals surface area (Å²) in [4.78, 5) is 0.431. The van der Waals surface area contributed by atoms with E-state index in [0.29, 0.717) is 17.4 Å². The molecular formula is C14H20N2O2S. The van der Waals surface area contributed by atoms with Crippen molar-refractivity contribution >= 4 is 10.0 Å². The molecule has 0 amide bonds. The molecule has 2 fully saturated rings. The maximum absolute atomic E-state index is 12.8. The maximum atomic E-state index is 12.8. The smallest absolute Gasteiger partial charge is 0.243 e. The van der Waals surface area contributed by atoms with Crippen LogP contribution in [0.3, 0.4) is 0 Å². The van der Waals surface area contributed by atoms with Gasteiger partial charge in [-0.15, -0.1) is 0 Å². The molecule has 0 aromatic heterocycles. The van der Waals surface area contributed by atoms with Crippen LogP contribution in [0, 0.1) is 12.8 Å². The van der Waals surface area contributed by atoms with Gasteiger partial charge >= 0.3 is 0 Å². The summed E-state index contributed by atoms with van der Waals surface area (Å²) in [7, 11) is -3.35. The third kappa shape index (κ3) is 2.30. The Kier molecular flexibility index (Phi) is 3.37. The second-order valence-corrected chi connectivity index (χ2v) is 7.45. The van der Waals surface area contributed by atoms with Crippen LogP contribution >= 0.6 is 0 Å². The zero-order valence-corrected chi connectivity index (χ0v) is 12.0. The van der Waals surface area contributed by atoms with Crippen LogP contribution < -0.4 is 5.32 Å². The first-order valence-electron chi connectivity index (χ1n) is 6.88. The SMILES string of the molecule is Cc1cccc(S(=O)(=O)N2CCCC3CNCC32)c1.